The first-order valence-corrected chi connectivity index (χ1v) is 4.37. The predicted molar refractivity (Wildman–Crippen MR) is 54.9 cm³/mol. The summed E-state index contributed by atoms with van der Waals surface area (Å²) in [5.74, 6) is 0. The van der Waals surface area contributed by atoms with E-state index in [0.29, 0.717) is 11.6 Å². The van der Waals surface area contributed by atoms with E-state index in [1.165, 1.54) is 0 Å². The molecule has 0 bridgehead atoms. The smallest absolute Gasteiger partial charge is 0.159 e. The van der Waals surface area contributed by atoms with Crippen LogP contribution in [0.4, 0.5) is 0 Å². The molecule has 0 aliphatic rings. The SMILES string of the molecule is COCC=Cc1cnc(C#N)c(Cl)c1. The van der Waals surface area contributed by atoms with Crippen LogP contribution in [0, 0.1) is 11.3 Å². The van der Waals surface area contributed by atoms with Gasteiger partial charge in [-0.15, -0.1) is 0 Å². The number of nitrogens with zero attached hydrogens (tertiary/aromatic N) is 2. The fourth-order valence-corrected chi connectivity index (χ4v) is 1.12. The second kappa shape index (κ2) is 5.38. The summed E-state index contributed by atoms with van der Waals surface area (Å²) in [4.78, 5) is 3.89. The van der Waals surface area contributed by atoms with Gasteiger partial charge in [-0.2, -0.15) is 5.26 Å². The second-order valence-electron chi connectivity index (χ2n) is 2.57. The topological polar surface area (TPSA) is 45.9 Å². The lowest BCUT2D eigenvalue weighted by Crippen LogP contribution is -1.86. The van der Waals surface area contributed by atoms with Crippen molar-refractivity contribution in [3.8, 4) is 6.07 Å². The van der Waals surface area contributed by atoms with Crippen LogP contribution in [0.3, 0.4) is 0 Å². The Hall–Kier alpha value is -1.37. The van der Waals surface area contributed by atoms with E-state index in [1.54, 1.807) is 19.4 Å². The summed E-state index contributed by atoms with van der Waals surface area (Å²) in [5.41, 5.74) is 1.10. The molecule has 1 aromatic heterocycles. The molecule has 0 aliphatic carbocycles. The maximum atomic E-state index is 8.59. The van der Waals surface area contributed by atoms with Crippen LogP contribution in [0.5, 0.6) is 0 Å². The molecule has 0 N–H and O–H groups in total. The van der Waals surface area contributed by atoms with Gasteiger partial charge in [0.05, 0.1) is 11.6 Å². The molecule has 3 nitrogen and oxygen atoms in total. The number of aromatic nitrogens is 1. The highest BCUT2D eigenvalue weighted by molar-refractivity contribution is 6.31. The first-order chi connectivity index (χ1) is 6.77. The fourth-order valence-electron chi connectivity index (χ4n) is 0.907. The third-order valence-corrected chi connectivity index (χ3v) is 1.83. The molecule has 1 rings (SSSR count). The van der Waals surface area contributed by atoms with Crippen molar-refractivity contribution < 1.29 is 4.74 Å². The average molecular weight is 209 g/mol. The third kappa shape index (κ3) is 2.84. The van der Waals surface area contributed by atoms with Gasteiger partial charge >= 0.3 is 0 Å². The van der Waals surface area contributed by atoms with Crippen molar-refractivity contribution in [3.05, 3.63) is 34.6 Å². The molecule has 0 aromatic carbocycles. The van der Waals surface area contributed by atoms with Crippen LogP contribution in [-0.2, 0) is 4.74 Å². The van der Waals surface area contributed by atoms with E-state index >= 15 is 0 Å². The summed E-state index contributed by atoms with van der Waals surface area (Å²) in [6.45, 7) is 0.539. The summed E-state index contributed by atoms with van der Waals surface area (Å²) in [6.07, 6.45) is 5.28. The van der Waals surface area contributed by atoms with Crippen LogP contribution in [0.15, 0.2) is 18.3 Å². The standard InChI is InChI=1S/C10H9ClN2O/c1-14-4-2-3-8-5-9(11)10(6-12)13-7-8/h2-3,5,7H,4H2,1H3. The molecule has 14 heavy (non-hydrogen) atoms. The minimum Gasteiger partial charge on any atom is -0.381 e. The summed E-state index contributed by atoms with van der Waals surface area (Å²) in [6, 6.07) is 3.59. The van der Waals surface area contributed by atoms with Crippen LogP contribution in [-0.4, -0.2) is 18.7 Å². The van der Waals surface area contributed by atoms with E-state index in [9.17, 15) is 0 Å². The zero-order valence-corrected chi connectivity index (χ0v) is 8.45. The van der Waals surface area contributed by atoms with Crippen molar-refractivity contribution in [1.29, 1.82) is 5.26 Å². The monoisotopic (exact) mass is 208 g/mol. The van der Waals surface area contributed by atoms with Gasteiger partial charge in [-0.05, 0) is 11.6 Å². The Morgan fingerprint density at radius 3 is 3.07 bits per heavy atom. The highest BCUT2D eigenvalue weighted by atomic mass is 35.5. The lowest BCUT2D eigenvalue weighted by atomic mass is 10.2. The van der Waals surface area contributed by atoms with E-state index in [0.717, 1.165) is 5.56 Å². The van der Waals surface area contributed by atoms with Gasteiger partial charge in [-0.3, -0.25) is 0 Å². The molecule has 72 valence electrons. The zero-order chi connectivity index (χ0) is 10.4. The summed E-state index contributed by atoms with van der Waals surface area (Å²) in [5, 5.41) is 8.96. The van der Waals surface area contributed by atoms with Crippen LogP contribution in [0.25, 0.3) is 6.08 Å². The fraction of sp³-hybridized carbons (Fsp3) is 0.200. The van der Waals surface area contributed by atoms with E-state index in [4.69, 9.17) is 21.6 Å². The Morgan fingerprint density at radius 2 is 2.50 bits per heavy atom. The Morgan fingerprint density at radius 1 is 1.71 bits per heavy atom. The molecule has 1 aromatic rings. The first-order valence-electron chi connectivity index (χ1n) is 3.99. The quantitative estimate of drug-likeness (QED) is 0.766. The molecular formula is C10H9ClN2O. The highest BCUT2D eigenvalue weighted by Crippen LogP contribution is 2.14. The third-order valence-electron chi connectivity index (χ3n) is 1.54. The zero-order valence-electron chi connectivity index (χ0n) is 7.70. The number of nitriles is 1. The van der Waals surface area contributed by atoms with Gasteiger partial charge in [-0.25, -0.2) is 4.98 Å². The van der Waals surface area contributed by atoms with Gasteiger partial charge in [0, 0.05) is 13.3 Å². The maximum absolute atomic E-state index is 8.59. The molecule has 0 unspecified atom stereocenters. The number of methoxy groups -OCH3 is 1. The first kappa shape index (κ1) is 10.7. The largest absolute Gasteiger partial charge is 0.381 e. The molecule has 4 heteroatoms. The minimum absolute atomic E-state index is 0.246. The molecule has 0 fully saturated rings. The second-order valence-corrected chi connectivity index (χ2v) is 2.98. The Labute approximate surface area is 87.6 Å². The Balaban J connectivity index is 2.82. The van der Waals surface area contributed by atoms with Crippen molar-refractivity contribution in [3.63, 3.8) is 0 Å². The molecular weight excluding hydrogens is 200 g/mol. The van der Waals surface area contributed by atoms with Crippen LogP contribution in [0.1, 0.15) is 11.3 Å². The predicted octanol–water partition coefficient (Wildman–Crippen LogP) is 2.27. The number of hydrogen-bond acceptors (Lipinski definition) is 3. The van der Waals surface area contributed by atoms with Crippen molar-refractivity contribution >= 4 is 17.7 Å². The maximum Gasteiger partial charge on any atom is 0.159 e. The number of hydrogen-bond donors (Lipinski definition) is 0. The van der Waals surface area contributed by atoms with E-state index < -0.39 is 0 Å². The molecule has 1 heterocycles. The van der Waals surface area contributed by atoms with Gasteiger partial charge in [0.15, 0.2) is 5.69 Å². The molecule has 0 atom stereocenters. The van der Waals surface area contributed by atoms with Gasteiger partial charge in [0.2, 0.25) is 0 Å². The number of pyridine rings is 1. The van der Waals surface area contributed by atoms with Crippen molar-refractivity contribution in [1.82, 2.24) is 4.98 Å². The molecule has 0 radical (unpaired) electrons. The van der Waals surface area contributed by atoms with E-state index in [-0.39, 0.29) is 5.69 Å². The number of ether oxygens (including phenoxy) is 1. The van der Waals surface area contributed by atoms with Gasteiger partial charge in [0.25, 0.3) is 0 Å². The van der Waals surface area contributed by atoms with Gasteiger partial charge in [-0.1, -0.05) is 23.8 Å². The lowest BCUT2D eigenvalue weighted by molar-refractivity contribution is 0.234. The molecule has 0 amide bonds. The Kier molecular flexibility index (Phi) is 4.11. The average Bonchev–Trinajstić information content (AvgIpc) is 2.18. The van der Waals surface area contributed by atoms with Crippen molar-refractivity contribution in [2.45, 2.75) is 0 Å². The lowest BCUT2D eigenvalue weighted by Gasteiger charge is -1.96. The summed E-state index contributed by atoms with van der Waals surface area (Å²) >= 11 is 5.79. The van der Waals surface area contributed by atoms with Gasteiger partial charge < -0.3 is 4.74 Å². The summed E-state index contributed by atoms with van der Waals surface area (Å²) in [7, 11) is 1.62. The van der Waals surface area contributed by atoms with E-state index in [1.807, 2.05) is 18.2 Å². The van der Waals surface area contributed by atoms with Gasteiger partial charge in [0.1, 0.15) is 6.07 Å². The van der Waals surface area contributed by atoms with Crippen LogP contribution in [0.2, 0.25) is 5.02 Å². The molecule has 0 saturated heterocycles. The van der Waals surface area contributed by atoms with Crippen molar-refractivity contribution in [2.24, 2.45) is 0 Å². The Bertz CT molecular complexity index is 382. The van der Waals surface area contributed by atoms with E-state index in [2.05, 4.69) is 4.98 Å². The molecule has 0 aliphatic heterocycles. The molecule has 0 spiro atoms. The van der Waals surface area contributed by atoms with Crippen molar-refractivity contribution in [2.75, 3.05) is 13.7 Å². The number of rotatable bonds is 3. The number of halogens is 1. The minimum atomic E-state index is 0.246. The summed E-state index contributed by atoms with van der Waals surface area (Å²) < 4.78 is 4.85. The van der Waals surface area contributed by atoms with Crippen LogP contribution < -0.4 is 0 Å². The van der Waals surface area contributed by atoms with Crippen LogP contribution >= 0.6 is 11.6 Å². The normalized spacial score (nSPS) is 10.4. The molecule has 0 saturated carbocycles. The highest BCUT2D eigenvalue weighted by Gasteiger charge is 1.99.